The summed E-state index contributed by atoms with van der Waals surface area (Å²) < 4.78 is 20.9. The number of carboxylic acids is 1. The Balaban J connectivity index is 0.000000178. The number of nitrogens with zero attached hydrogens (tertiary/aromatic N) is 7. The third-order valence-corrected chi connectivity index (χ3v) is 11.3. The van der Waals surface area contributed by atoms with Crippen LogP contribution in [-0.4, -0.2) is 98.8 Å². The molecule has 0 saturated carbocycles. The highest BCUT2D eigenvalue weighted by Gasteiger charge is 2.30. The summed E-state index contributed by atoms with van der Waals surface area (Å²) in [6, 6.07) is 21.2. The number of aryl methyl sites for hydroxylation is 2. The van der Waals surface area contributed by atoms with Crippen LogP contribution in [0.15, 0.2) is 81.8 Å². The zero-order chi connectivity index (χ0) is 46.8. The maximum absolute atomic E-state index is 13.4. The highest BCUT2D eigenvalue weighted by molar-refractivity contribution is 6.34. The van der Waals surface area contributed by atoms with Crippen LogP contribution in [0.1, 0.15) is 32.2 Å². The summed E-state index contributed by atoms with van der Waals surface area (Å²) in [4.78, 5) is 37.6. The average Bonchev–Trinajstić information content (AvgIpc) is 3.92. The number of halogens is 2. The largest absolute Gasteiger partial charge is 0.496 e. The Labute approximate surface area is 385 Å². The Morgan fingerprint density at radius 3 is 1.58 bits per heavy atom. The van der Waals surface area contributed by atoms with Crippen LogP contribution in [0.25, 0.3) is 32.2 Å². The molecule has 2 aliphatic rings. The number of amides is 1. The molecular weight excluding hydrogens is 875 g/mol. The van der Waals surface area contributed by atoms with Crippen molar-refractivity contribution in [3.8, 4) is 34.0 Å². The average molecular weight is 922 g/mol. The second kappa shape index (κ2) is 21.3. The van der Waals surface area contributed by atoms with Gasteiger partial charge in [0.2, 0.25) is 11.4 Å². The number of ether oxygens (including phenoxy) is 2. The molecule has 2 aliphatic heterocycles. The lowest BCUT2D eigenvalue weighted by Crippen LogP contribution is -2.49. The first-order valence-corrected chi connectivity index (χ1v) is 20.9. The summed E-state index contributed by atoms with van der Waals surface area (Å²) in [5.74, 6) is 0.697. The van der Waals surface area contributed by atoms with Crippen LogP contribution in [-0.2, 0) is 0 Å². The zero-order valence-corrected chi connectivity index (χ0v) is 37.5. The van der Waals surface area contributed by atoms with E-state index in [1.165, 1.54) is 7.11 Å². The number of anilines is 4. The Bertz CT molecular complexity index is 2770. The zero-order valence-electron chi connectivity index (χ0n) is 36.0. The number of carboxylic acid groups (broad SMARTS) is 1. The van der Waals surface area contributed by atoms with Gasteiger partial charge in [0.25, 0.3) is 5.91 Å². The molecule has 2 fully saturated rings. The van der Waals surface area contributed by atoms with E-state index in [1.54, 1.807) is 74.4 Å². The van der Waals surface area contributed by atoms with Crippen LogP contribution in [0, 0.1) is 27.0 Å². The van der Waals surface area contributed by atoms with Gasteiger partial charge in [0.05, 0.1) is 37.4 Å². The van der Waals surface area contributed by atoms with Gasteiger partial charge in [0.1, 0.15) is 45.5 Å². The topological polar surface area (TPSA) is 207 Å². The number of nitrogen functional groups attached to an aromatic ring is 2. The summed E-state index contributed by atoms with van der Waals surface area (Å²) in [7, 11) is 3.10. The number of hydrogen-bond donors (Lipinski definition) is 4. The van der Waals surface area contributed by atoms with E-state index in [0.717, 1.165) is 37.6 Å². The number of piperazine rings is 2. The maximum Gasteiger partial charge on any atom is 0.341 e. The third kappa shape index (κ3) is 10.5. The van der Waals surface area contributed by atoms with E-state index in [9.17, 15) is 9.59 Å². The van der Waals surface area contributed by atoms with E-state index >= 15 is 0 Å². The molecule has 2 aromatic heterocycles. The molecule has 0 aliphatic carbocycles. The van der Waals surface area contributed by atoms with Crippen molar-refractivity contribution in [1.82, 2.24) is 20.5 Å². The highest BCUT2D eigenvalue weighted by atomic mass is 35.5. The molecule has 0 spiro atoms. The smallest absolute Gasteiger partial charge is 0.341 e. The predicted octanol–water partition coefficient (Wildman–Crippen LogP) is 8.65. The molecule has 6 N–H and O–H groups in total. The molecular formula is C46H46Cl2N10O7. The van der Waals surface area contributed by atoms with Crippen molar-refractivity contribution in [1.29, 1.82) is 0 Å². The van der Waals surface area contributed by atoms with E-state index in [0.29, 0.717) is 98.6 Å². The van der Waals surface area contributed by atoms with Crippen molar-refractivity contribution in [3.05, 3.63) is 128 Å². The molecule has 336 valence electrons. The van der Waals surface area contributed by atoms with E-state index in [2.05, 4.69) is 30.2 Å². The monoisotopic (exact) mass is 920 g/mol. The molecule has 0 unspecified atom stereocenters. The first kappa shape index (κ1) is 47.0. The minimum Gasteiger partial charge on any atom is -0.496 e. The van der Waals surface area contributed by atoms with Gasteiger partial charge in [-0.25, -0.2) is 14.5 Å². The van der Waals surface area contributed by atoms with Crippen molar-refractivity contribution in [2.45, 2.75) is 13.8 Å². The predicted molar refractivity (Wildman–Crippen MR) is 251 cm³/mol. The summed E-state index contributed by atoms with van der Waals surface area (Å²) >= 11 is 12.0. The summed E-state index contributed by atoms with van der Waals surface area (Å²) in [5.41, 5.74) is 17.9. The number of methoxy groups -OCH3 is 2. The maximum atomic E-state index is 13.4. The molecule has 17 nitrogen and oxygen atoms in total. The Morgan fingerprint density at radius 1 is 0.708 bits per heavy atom. The van der Waals surface area contributed by atoms with Crippen LogP contribution in [0.2, 0.25) is 10.0 Å². The first-order valence-electron chi connectivity index (χ1n) is 20.2. The van der Waals surface area contributed by atoms with Crippen molar-refractivity contribution in [3.63, 3.8) is 0 Å². The minimum absolute atomic E-state index is 0.0644. The van der Waals surface area contributed by atoms with Crippen LogP contribution in [0.5, 0.6) is 11.5 Å². The lowest BCUT2D eigenvalue weighted by Gasteiger charge is -2.36. The molecule has 8 rings (SSSR count). The fraction of sp³-hybridized carbons (Fsp3) is 0.261. The first-order chi connectivity index (χ1) is 31.3. The van der Waals surface area contributed by atoms with Gasteiger partial charge in [-0.1, -0.05) is 57.8 Å². The van der Waals surface area contributed by atoms with Crippen LogP contribution >= 0.6 is 23.2 Å². The van der Waals surface area contributed by atoms with Crippen molar-refractivity contribution in [2.24, 2.45) is 0 Å². The summed E-state index contributed by atoms with van der Waals surface area (Å²) in [6.07, 6.45) is 0. The molecule has 2 saturated heterocycles. The Kier molecular flexibility index (Phi) is 15.4. The van der Waals surface area contributed by atoms with Crippen molar-refractivity contribution in [2.75, 3.05) is 87.8 Å². The Morgan fingerprint density at radius 2 is 1.14 bits per heavy atom. The third-order valence-electron chi connectivity index (χ3n) is 10.7. The number of aromatic nitrogens is 2. The lowest BCUT2D eigenvalue weighted by atomic mass is 10.0. The molecule has 4 heterocycles. The molecule has 65 heavy (non-hydrogen) atoms. The van der Waals surface area contributed by atoms with Gasteiger partial charge in [-0.2, -0.15) is 0 Å². The number of nitrogens with one attached hydrogen (secondary N) is 1. The van der Waals surface area contributed by atoms with Crippen LogP contribution < -0.4 is 36.1 Å². The van der Waals surface area contributed by atoms with E-state index < -0.39 is 5.97 Å². The number of nitrogens with two attached hydrogens (primary N) is 2. The molecule has 0 radical (unpaired) electrons. The van der Waals surface area contributed by atoms with Gasteiger partial charge < -0.3 is 55.1 Å². The normalized spacial score (nSPS) is 13.3. The van der Waals surface area contributed by atoms with Crippen LogP contribution in [0.4, 0.5) is 34.1 Å². The second-order valence-electron chi connectivity index (χ2n) is 14.6. The van der Waals surface area contributed by atoms with E-state index in [4.69, 9.17) is 71.4 Å². The number of benzene rings is 4. The van der Waals surface area contributed by atoms with Gasteiger partial charge in [0.15, 0.2) is 0 Å². The molecule has 19 heteroatoms. The number of rotatable bonds is 8. The number of aromatic carboxylic acids is 1. The van der Waals surface area contributed by atoms with Gasteiger partial charge in [0, 0.05) is 86.2 Å². The molecule has 1 amide bonds. The minimum atomic E-state index is -1.07. The van der Waals surface area contributed by atoms with Gasteiger partial charge in [-0.15, -0.1) is 0 Å². The highest BCUT2D eigenvalue weighted by Crippen LogP contribution is 2.39. The van der Waals surface area contributed by atoms with Gasteiger partial charge in [-0.3, -0.25) is 4.79 Å². The summed E-state index contributed by atoms with van der Waals surface area (Å²) in [5, 5.41) is 21.1. The number of carbonyl (C=O) groups is 2. The fourth-order valence-corrected chi connectivity index (χ4v) is 7.65. The van der Waals surface area contributed by atoms with E-state index in [1.807, 2.05) is 29.2 Å². The lowest BCUT2D eigenvalue weighted by molar-refractivity contribution is 0.0694. The number of hydrogen-bond acceptors (Lipinski definition) is 13. The molecule has 0 atom stereocenters. The van der Waals surface area contributed by atoms with E-state index in [-0.39, 0.29) is 22.9 Å². The molecule has 0 bridgehead atoms. The molecule has 4 aromatic carbocycles. The van der Waals surface area contributed by atoms with Crippen molar-refractivity contribution < 1.29 is 33.2 Å². The Hall–Kier alpha value is -7.44. The quantitative estimate of drug-likeness (QED) is 0.0833. The second-order valence-corrected chi connectivity index (χ2v) is 15.4. The number of carbonyl (C=O) groups excluding carboxylic acids is 1. The van der Waals surface area contributed by atoms with Crippen molar-refractivity contribution >= 4 is 69.2 Å². The standard InChI is InChI=1S/C23H22ClN5O3.C12H11NO4.C11H13ClN4/c1-14-21(22(27-32-14)15-6-4-5-7-20(15)31-3)23(30)29-10-8-28(9-11-29)19-13-17(25)16(24)12-18(19)26-2;1-7-10(12(14)15)11(13-17-7)8-5-3-4-6-9(8)16-2;1-14-10-6-8(12)9(13)7-11(10)16-4-2-15-3-5-16/h4-7,12-13H,8-11,25H2,1,3H3;3-6H,1-2H3,(H,14,15);6-7,15H,2-5,13H2. The number of para-hydroxylation sites is 2. The van der Waals surface area contributed by atoms with Gasteiger partial charge in [-0.05, 0) is 62.4 Å². The summed E-state index contributed by atoms with van der Waals surface area (Å²) in [6.45, 7) is 23.6. The fourth-order valence-electron chi connectivity index (χ4n) is 7.33. The SMILES string of the molecule is COc1ccccc1-c1noc(C)c1C(=O)O.[C-]#[N+]c1cc(Cl)c(N)cc1N1CCN(C(=O)c2c(-c3ccccc3OC)noc2C)CC1.[C-]#[N+]c1cc(Cl)c(N)cc1N1CCNCC1. The van der Waals surface area contributed by atoms with Crippen LogP contribution in [0.3, 0.4) is 0 Å². The molecule has 6 aromatic rings. The van der Waals surface area contributed by atoms with Gasteiger partial charge >= 0.3 is 5.97 Å².